The van der Waals surface area contributed by atoms with Crippen LogP contribution >= 0.6 is 0 Å². The topological polar surface area (TPSA) is 99.8 Å². The smallest absolute Gasteiger partial charge is 0.273 e. The minimum absolute atomic E-state index is 0.145. The van der Waals surface area contributed by atoms with Gasteiger partial charge in [-0.15, -0.1) is 0 Å². The summed E-state index contributed by atoms with van der Waals surface area (Å²) in [6.07, 6.45) is 4.11. The first-order valence-corrected chi connectivity index (χ1v) is 10.2. The molecule has 1 aliphatic carbocycles. The number of fused-ring (bicyclic) bond motifs is 1. The maximum absolute atomic E-state index is 13.1. The van der Waals surface area contributed by atoms with Crippen molar-refractivity contribution in [2.45, 2.75) is 71.5 Å². The monoisotopic (exact) mass is 395 g/mol. The number of carbonyl (C=O) groups excluding carboxylic acids is 2. The number of aryl methyl sites for hydroxylation is 1. The zero-order chi connectivity index (χ0) is 21.0. The Balaban J connectivity index is 1.81. The van der Waals surface area contributed by atoms with Gasteiger partial charge in [-0.25, -0.2) is 0 Å². The molecule has 0 unspecified atom stereocenters. The minimum atomic E-state index is -0.643. The first-order chi connectivity index (χ1) is 13.8. The number of hydrogen-bond donors (Lipinski definition) is 2. The van der Waals surface area contributed by atoms with E-state index in [4.69, 9.17) is 5.26 Å². The Morgan fingerprint density at radius 1 is 1.28 bits per heavy atom. The molecule has 1 atom stereocenters. The number of hydrogen-bond acceptors (Lipinski definition) is 4. The molecule has 1 aromatic carbocycles. The average molecular weight is 396 g/mol. The number of para-hydroxylation sites is 1. The molecule has 2 amide bonds. The summed E-state index contributed by atoms with van der Waals surface area (Å²) in [5.74, 6) is -0.489. The summed E-state index contributed by atoms with van der Waals surface area (Å²) < 4.78 is 1.82. The third kappa shape index (κ3) is 5.14. The fourth-order valence-electron chi connectivity index (χ4n) is 3.32. The lowest BCUT2D eigenvalue weighted by molar-refractivity contribution is -0.125. The Hall–Kier alpha value is -2.88. The Labute approximate surface area is 171 Å². The van der Waals surface area contributed by atoms with Crippen LogP contribution in [0, 0.1) is 16.7 Å². The number of unbranched alkanes of at least 4 members (excludes halogenated alkanes) is 2. The van der Waals surface area contributed by atoms with Crippen LogP contribution in [-0.2, 0) is 11.3 Å². The second kappa shape index (κ2) is 8.64. The van der Waals surface area contributed by atoms with Gasteiger partial charge in [0, 0.05) is 24.4 Å². The van der Waals surface area contributed by atoms with Crippen molar-refractivity contribution < 1.29 is 9.59 Å². The predicted molar refractivity (Wildman–Crippen MR) is 111 cm³/mol. The number of benzene rings is 1. The van der Waals surface area contributed by atoms with E-state index < -0.39 is 11.5 Å². The average Bonchev–Trinajstić information content (AvgIpc) is 3.41. The molecular weight excluding hydrogens is 366 g/mol. The van der Waals surface area contributed by atoms with Crippen molar-refractivity contribution >= 4 is 22.7 Å². The van der Waals surface area contributed by atoms with E-state index in [-0.39, 0.29) is 17.9 Å². The minimum Gasteiger partial charge on any atom is -0.352 e. The summed E-state index contributed by atoms with van der Waals surface area (Å²) in [5.41, 5.74) is 0.781. The number of carbonyl (C=O) groups is 2. The summed E-state index contributed by atoms with van der Waals surface area (Å²) >= 11 is 0. The van der Waals surface area contributed by atoms with Crippen molar-refractivity contribution in [3.8, 4) is 6.07 Å². The summed E-state index contributed by atoms with van der Waals surface area (Å²) in [6, 6.07) is 9.34. The third-order valence-electron chi connectivity index (χ3n) is 5.11. The SMILES string of the molecule is CC(C)(C)[C@H](NC(=O)c1nn(CCCCC#N)c2ccccc12)C(=O)NC1CC1. The molecule has 7 nitrogen and oxygen atoms in total. The van der Waals surface area contributed by atoms with Crippen molar-refractivity contribution in [3.05, 3.63) is 30.0 Å². The third-order valence-corrected chi connectivity index (χ3v) is 5.11. The molecule has 3 rings (SSSR count). The van der Waals surface area contributed by atoms with E-state index in [1.807, 2.05) is 49.7 Å². The number of nitriles is 1. The quantitative estimate of drug-likeness (QED) is 0.671. The summed E-state index contributed by atoms with van der Waals surface area (Å²) in [6.45, 7) is 6.46. The van der Waals surface area contributed by atoms with Crippen LogP contribution < -0.4 is 10.6 Å². The first-order valence-electron chi connectivity index (χ1n) is 10.2. The maximum Gasteiger partial charge on any atom is 0.273 e. The van der Waals surface area contributed by atoms with Crippen LogP contribution in [0.25, 0.3) is 10.9 Å². The van der Waals surface area contributed by atoms with Gasteiger partial charge in [0.2, 0.25) is 5.91 Å². The van der Waals surface area contributed by atoms with E-state index in [9.17, 15) is 9.59 Å². The Kier molecular flexibility index (Phi) is 6.21. The van der Waals surface area contributed by atoms with Gasteiger partial charge in [-0.1, -0.05) is 39.0 Å². The van der Waals surface area contributed by atoms with Crippen LogP contribution in [0.2, 0.25) is 0 Å². The maximum atomic E-state index is 13.1. The van der Waals surface area contributed by atoms with Gasteiger partial charge in [-0.05, 0) is 37.2 Å². The molecule has 0 aliphatic heterocycles. The van der Waals surface area contributed by atoms with E-state index in [1.54, 1.807) is 0 Å². The van der Waals surface area contributed by atoms with Crippen molar-refractivity contribution in [1.82, 2.24) is 20.4 Å². The molecule has 7 heteroatoms. The summed E-state index contributed by atoms with van der Waals surface area (Å²) in [7, 11) is 0. The summed E-state index contributed by atoms with van der Waals surface area (Å²) in [5, 5.41) is 19.9. The fraction of sp³-hybridized carbons (Fsp3) is 0.545. The van der Waals surface area contributed by atoms with Gasteiger partial charge >= 0.3 is 0 Å². The molecule has 2 N–H and O–H groups in total. The lowest BCUT2D eigenvalue weighted by Gasteiger charge is -2.30. The molecule has 0 spiro atoms. The highest BCUT2D eigenvalue weighted by atomic mass is 16.2. The molecule has 2 aromatic rings. The highest BCUT2D eigenvalue weighted by Crippen LogP contribution is 2.25. The van der Waals surface area contributed by atoms with Crippen LogP contribution in [0.15, 0.2) is 24.3 Å². The molecule has 1 aromatic heterocycles. The molecular formula is C22H29N5O2. The number of nitrogens with zero attached hydrogens (tertiary/aromatic N) is 3. The van der Waals surface area contributed by atoms with Gasteiger partial charge < -0.3 is 10.6 Å². The summed E-state index contributed by atoms with van der Waals surface area (Å²) in [4.78, 5) is 25.8. The van der Waals surface area contributed by atoms with Crippen molar-refractivity contribution in [1.29, 1.82) is 5.26 Å². The largest absolute Gasteiger partial charge is 0.352 e. The van der Waals surface area contributed by atoms with Crippen molar-refractivity contribution in [2.75, 3.05) is 0 Å². The Bertz CT molecular complexity index is 931. The van der Waals surface area contributed by atoms with Crippen molar-refractivity contribution in [3.63, 3.8) is 0 Å². The van der Waals surface area contributed by atoms with Gasteiger partial charge in [-0.3, -0.25) is 14.3 Å². The van der Waals surface area contributed by atoms with Gasteiger partial charge in [0.15, 0.2) is 5.69 Å². The molecule has 0 bridgehead atoms. The van der Waals surface area contributed by atoms with Gasteiger partial charge in [0.05, 0.1) is 11.6 Å². The highest BCUT2D eigenvalue weighted by molar-refractivity contribution is 6.06. The predicted octanol–water partition coefficient (Wildman–Crippen LogP) is 3.15. The normalized spacial score (nSPS) is 15.0. The van der Waals surface area contributed by atoms with E-state index in [0.717, 1.165) is 36.6 Å². The lowest BCUT2D eigenvalue weighted by Crippen LogP contribution is -2.54. The van der Waals surface area contributed by atoms with Crippen LogP contribution in [0.4, 0.5) is 0 Å². The van der Waals surface area contributed by atoms with Crippen LogP contribution in [-0.4, -0.2) is 33.7 Å². The van der Waals surface area contributed by atoms with Crippen LogP contribution in [0.1, 0.15) is 63.4 Å². The number of amides is 2. The van der Waals surface area contributed by atoms with Gasteiger partial charge in [-0.2, -0.15) is 10.4 Å². The molecule has 1 aliphatic rings. The van der Waals surface area contributed by atoms with Crippen molar-refractivity contribution in [2.24, 2.45) is 5.41 Å². The second-order valence-electron chi connectivity index (χ2n) is 8.76. The standard InChI is InChI=1S/C22H29N5O2/c1-22(2,3)19(21(29)24-15-11-12-15)25-20(28)18-16-9-5-6-10-17(16)27(26-18)14-8-4-7-13-23/h5-6,9-10,15,19H,4,7-8,11-12,14H2,1-3H3,(H,24,29)(H,25,28)/t19-/m1/s1. The molecule has 1 heterocycles. The first kappa shape index (κ1) is 20.8. The Morgan fingerprint density at radius 3 is 2.66 bits per heavy atom. The lowest BCUT2D eigenvalue weighted by atomic mass is 9.86. The van der Waals surface area contributed by atoms with Crippen LogP contribution in [0.5, 0.6) is 0 Å². The van der Waals surface area contributed by atoms with E-state index in [2.05, 4.69) is 21.8 Å². The van der Waals surface area contributed by atoms with Crippen LogP contribution in [0.3, 0.4) is 0 Å². The Morgan fingerprint density at radius 2 is 2.00 bits per heavy atom. The second-order valence-corrected chi connectivity index (χ2v) is 8.76. The molecule has 1 fully saturated rings. The molecule has 0 radical (unpaired) electrons. The zero-order valence-corrected chi connectivity index (χ0v) is 17.4. The van der Waals surface area contributed by atoms with Gasteiger partial charge in [0.1, 0.15) is 6.04 Å². The van der Waals surface area contributed by atoms with E-state index in [0.29, 0.717) is 18.7 Å². The molecule has 29 heavy (non-hydrogen) atoms. The highest BCUT2D eigenvalue weighted by Gasteiger charge is 2.36. The van der Waals surface area contributed by atoms with E-state index >= 15 is 0 Å². The number of rotatable bonds is 8. The number of nitrogens with one attached hydrogen (secondary N) is 2. The van der Waals surface area contributed by atoms with Gasteiger partial charge in [0.25, 0.3) is 5.91 Å². The molecule has 0 saturated heterocycles. The zero-order valence-electron chi connectivity index (χ0n) is 17.4. The molecule has 154 valence electrons. The molecule has 1 saturated carbocycles. The fourth-order valence-corrected chi connectivity index (χ4v) is 3.32. The number of aromatic nitrogens is 2. The van der Waals surface area contributed by atoms with E-state index in [1.165, 1.54) is 0 Å².